The first-order valence-electron chi connectivity index (χ1n) is 6.26. The third-order valence-electron chi connectivity index (χ3n) is 3.30. The molecule has 2 atom stereocenters. The Hall–Kier alpha value is -0.950. The lowest BCUT2D eigenvalue weighted by molar-refractivity contribution is -0.115. The number of anilines is 1. The number of urea groups is 1. The predicted octanol–water partition coefficient (Wildman–Crippen LogP) is 4.06. The van der Waals surface area contributed by atoms with Gasteiger partial charge in [0, 0.05) is 11.6 Å². The van der Waals surface area contributed by atoms with Crippen molar-refractivity contribution in [2.45, 2.75) is 25.0 Å². The van der Waals surface area contributed by atoms with Crippen molar-refractivity contribution in [3.05, 3.63) is 29.8 Å². The van der Waals surface area contributed by atoms with E-state index < -0.39 is 17.2 Å². The van der Waals surface area contributed by atoms with Gasteiger partial charge < -0.3 is 0 Å². The fourth-order valence-electron chi connectivity index (χ4n) is 2.23. The van der Waals surface area contributed by atoms with E-state index in [1.807, 2.05) is 19.1 Å². The van der Waals surface area contributed by atoms with Crippen LogP contribution in [0.4, 0.5) is 15.0 Å². The Bertz CT molecular complexity index is 543. The summed E-state index contributed by atoms with van der Waals surface area (Å²) in [5, 5.41) is 2.35. The van der Waals surface area contributed by atoms with Crippen molar-refractivity contribution in [2.75, 3.05) is 4.90 Å². The molecular weight excluding hydrogens is 336 g/mol. The molecular formula is C13H14Cl2FN3OS. The molecule has 0 saturated carbocycles. The second-order valence-corrected chi connectivity index (χ2v) is 6.14. The van der Waals surface area contributed by atoms with E-state index in [0.717, 1.165) is 10.6 Å². The Balaban J connectivity index is 2.47. The highest BCUT2D eigenvalue weighted by Crippen LogP contribution is 2.35. The topological polar surface area (TPSA) is 26.8 Å². The van der Waals surface area contributed by atoms with Crippen LogP contribution in [0.2, 0.25) is 0 Å². The molecule has 2 unspecified atom stereocenters. The van der Waals surface area contributed by atoms with Gasteiger partial charge in [0.15, 0.2) is 4.96 Å². The highest BCUT2D eigenvalue weighted by Gasteiger charge is 2.50. The van der Waals surface area contributed by atoms with E-state index in [-0.39, 0.29) is 11.1 Å². The first-order chi connectivity index (χ1) is 9.88. The Kier molecular flexibility index (Phi) is 5.03. The number of amides is 2. The molecule has 1 fully saturated rings. The first-order valence-corrected chi connectivity index (χ1v) is 7.60. The van der Waals surface area contributed by atoms with E-state index in [0.29, 0.717) is 5.69 Å². The average molecular weight is 350 g/mol. The van der Waals surface area contributed by atoms with E-state index in [9.17, 15) is 9.28 Å². The standard InChI is InChI=1S/C13H14Cl2FN3OS/c1-8-3-5-10(6-4-8)17-11(9(2)7-21)18(12(14)15)19(16)13(17)20/h3-7,9,11-12H,1-2H3. The Labute approximate surface area is 137 Å². The molecule has 1 aromatic rings. The van der Waals surface area contributed by atoms with Crippen LogP contribution in [0.1, 0.15) is 12.5 Å². The summed E-state index contributed by atoms with van der Waals surface area (Å²) in [5.74, 6) is -0.314. The van der Waals surface area contributed by atoms with Gasteiger partial charge in [0.1, 0.15) is 6.17 Å². The van der Waals surface area contributed by atoms with E-state index in [2.05, 4.69) is 0 Å². The smallest absolute Gasteiger partial charge is 0.272 e. The summed E-state index contributed by atoms with van der Waals surface area (Å²) in [6.45, 7) is 3.70. The van der Waals surface area contributed by atoms with Gasteiger partial charge in [-0.1, -0.05) is 69.8 Å². The van der Waals surface area contributed by atoms with Crippen LogP contribution < -0.4 is 4.90 Å². The van der Waals surface area contributed by atoms with Crippen LogP contribution in [-0.4, -0.2) is 32.8 Å². The molecule has 0 aliphatic carbocycles. The average Bonchev–Trinajstić information content (AvgIpc) is 2.72. The maximum Gasteiger partial charge on any atom is 0.369 e. The fraction of sp³-hybridized carbons (Fsp3) is 0.385. The van der Waals surface area contributed by atoms with Crippen LogP contribution >= 0.6 is 35.4 Å². The minimum Gasteiger partial charge on any atom is -0.272 e. The van der Waals surface area contributed by atoms with Gasteiger partial charge in [0.2, 0.25) is 0 Å². The van der Waals surface area contributed by atoms with E-state index in [1.165, 1.54) is 10.3 Å². The Morgan fingerprint density at radius 2 is 1.90 bits per heavy atom. The molecule has 1 aliphatic rings. The van der Waals surface area contributed by atoms with E-state index in [1.54, 1.807) is 19.1 Å². The number of hydrogen-bond acceptors (Lipinski definition) is 3. The number of benzene rings is 1. The number of aryl methyl sites for hydroxylation is 1. The van der Waals surface area contributed by atoms with Crippen LogP contribution in [0.25, 0.3) is 0 Å². The predicted molar refractivity (Wildman–Crippen MR) is 85.9 cm³/mol. The highest BCUT2D eigenvalue weighted by molar-refractivity contribution is 7.79. The van der Waals surface area contributed by atoms with Crippen molar-refractivity contribution in [2.24, 2.45) is 5.92 Å². The molecule has 0 spiro atoms. The summed E-state index contributed by atoms with van der Waals surface area (Å²) < 4.78 is 14.1. The maximum absolute atomic E-state index is 14.1. The summed E-state index contributed by atoms with van der Waals surface area (Å²) in [4.78, 5) is 12.3. The molecule has 0 bridgehead atoms. The number of halogens is 3. The van der Waals surface area contributed by atoms with Crippen molar-refractivity contribution in [1.29, 1.82) is 0 Å². The molecule has 0 radical (unpaired) electrons. The van der Waals surface area contributed by atoms with Crippen LogP contribution in [0.3, 0.4) is 0 Å². The van der Waals surface area contributed by atoms with Crippen LogP contribution in [-0.2, 0) is 0 Å². The lowest BCUT2D eigenvalue weighted by atomic mass is 10.1. The fourth-order valence-corrected chi connectivity index (χ4v) is 2.75. The SMILES string of the molecule is Cc1ccc(N2C(=O)N(F)N(C(Cl)Cl)C2C(C)C=S)cc1. The van der Waals surface area contributed by atoms with Gasteiger partial charge >= 0.3 is 6.03 Å². The molecule has 21 heavy (non-hydrogen) atoms. The number of carbonyl (C=O) groups excluding carboxylic acids is 1. The summed E-state index contributed by atoms with van der Waals surface area (Å²) in [5.41, 5.74) is 1.59. The number of hydrogen-bond donors (Lipinski definition) is 0. The van der Waals surface area contributed by atoms with Gasteiger partial charge in [-0.3, -0.25) is 4.90 Å². The molecule has 2 rings (SSSR count). The summed E-state index contributed by atoms with van der Waals surface area (Å²) in [7, 11) is 0. The molecule has 2 amide bonds. The lowest BCUT2D eigenvalue weighted by Gasteiger charge is -2.31. The zero-order valence-electron chi connectivity index (χ0n) is 11.4. The third kappa shape index (κ3) is 2.99. The number of rotatable bonds is 4. The minimum atomic E-state index is -1.21. The molecule has 1 aromatic carbocycles. The quantitative estimate of drug-likeness (QED) is 0.355. The second kappa shape index (κ2) is 6.44. The van der Waals surface area contributed by atoms with Crippen molar-refractivity contribution >= 4 is 52.5 Å². The van der Waals surface area contributed by atoms with E-state index in [4.69, 9.17) is 35.4 Å². The highest BCUT2D eigenvalue weighted by atomic mass is 35.5. The van der Waals surface area contributed by atoms with Crippen LogP contribution in [0, 0.1) is 12.8 Å². The van der Waals surface area contributed by atoms with E-state index >= 15 is 0 Å². The summed E-state index contributed by atoms with van der Waals surface area (Å²) in [6.07, 6.45) is -0.720. The normalized spacial score (nSPS) is 21.2. The lowest BCUT2D eigenvalue weighted by Crippen LogP contribution is -2.47. The molecule has 8 heteroatoms. The van der Waals surface area contributed by atoms with Crippen LogP contribution in [0.15, 0.2) is 24.3 Å². The molecule has 4 nitrogen and oxygen atoms in total. The van der Waals surface area contributed by atoms with Gasteiger partial charge in [-0.2, -0.15) is 0 Å². The second-order valence-electron chi connectivity index (χ2n) is 4.81. The number of alkyl halides is 2. The largest absolute Gasteiger partial charge is 0.369 e. The molecule has 0 aromatic heterocycles. The Morgan fingerprint density at radius 3 is 2.38 bits per heavy atom. The monoisotopic (exact) mass is 349 g/mol. The molecule has 1 saturated heterocycles. The molecule has 0 N–H and O–H groups in total. The number of nitrogens with zero attached hydrogens (tertiary/aromatic N) is 3. The van der Waals surface area contributed by atoms with Crippen molar-refractivity contribution in [3.8, 4) is 0 Å². The Morgan fingerprint density at radius 1 is 1.33 bits per heavy atom. The summed E-state index contributed by atoms with van der Waals surface area (Å²) >= 11 is 16.5. The zero-order chi connectivity index (χ0) is 15.7. The molecule has 1 heterocycles. The zero-order valence-corrected chi connectivity index (χ0v) is 13.7. The molecule has 114 valence electrons. The molecule has 1 aliphatic heterocycles. The summed E-state index contributed by atoms with van der Waals surface area (Å²) in [6, 6.07) is 6.31. The van der Waals surface area contributed by atoms with Gasteiger partial charge in [0.05, 0.1) is 0 Å². The number of thiocarbonyl (C=S) groups is 1. The number of hydrazine groups is 1. The third-order valence-corrected chi connectivity index (χ3v) is 4.13. The van der Waals surface area contributed by atoms with Crippen LogP contribution in [0.5, 0.6) is 0 Å². The van der Waals surface area contributed by atoms with Crippen molar-refractivity contribution < 1.29 is 9.28 Å². The maximum atomic E-state index is 14.1. The van der Waals surface area contributed by atoms with Gasteiger partial charge in [0.25, 0.3) is 0 Å². The van der Waals surface area contributed by atoms with Crippen molar-refractivity contribution in [3.63, 3.8) is 0 Å². The van der Waals surface area contributed by atoms with Gasteiger partial charge in [-0.25, -0.2) is 4.79 Å². The number of carbonyl (C=O) groups is 1. The first kappa shape index (κ1) is 16.4. The van der Waals surface area contributed by atoms with Gasteiger partial charge in [-0.05, 0) is 24.4 Å². The van der Waals surface area contributed by atoms with Crippen molar-refractivity contribution in [1.82, 2.24) is 10.2 Å². The minimum absolute atomic E-state index is 0.0650. The van der Waals surface area contributed by atoms with Gasteiger partial charge in [-0.15, -0.1) is 5.01 Å².